The summed E-state index contributed by atoms with van der Waals surface area (Å²) < 4.78 is 4.73. The van der Waals surface area contributed by atoms with Crippen molar-refractivity contribution in [1.82, 2.24) is 13.8 Å². The van der Waals surface area contributed by atoms with E-state index in [0.717, 1.165) is 16.8 Å². The number of hydrogen-bond donors (Lipinski definition) is 0. The Balaban J connectivity index is 1.68. The molecule has 0 N–H and O–H groups in total. The molecule has 8 rings (SSSR count). The van der Waals surface area contributed by atoms with Crippen molar-refractivity contribution >= 4 is 65.7 Å². The first-order valence-electron chi connectivity index (χ1n) is 11.6. The third-order valence-corrected chi connectivity index (χ3v) is 7.34. The number of imidazole rings is 2. The van der Waals surface area contributed by atoms with Crippen molar-refractivity contribution in [3.63, 3.8) is 0 Å². The highest BCUT2D eigenvalue weighted by Crippen LogP contribution is 2.42. The van der Waals surface area contributed by atoms with E-state index in [9.17, 15) is 0 Å². The zero-order valence-electron chi connectivity index (χ0n) is 18.5. The van der Waals surface area contributed by atoms with Gasteiger partial charge in [-0.05, 0) is 57.3 Å². The van der Waals surface area contributed by atoms with Crippen molar-refractivity contribution in [1.29, 1.82) is 0 Å². The first kappa shape index (κ1) is 17.4. The highest BCUT2D eigenvalue weighted by atomic mass is 15.2. The molecule has 0 aliphatic carbocycles. The van der Waals surface area contributed by atoms with Gasteiger partial charge in [-0.3, -0.25) is 8.80 Å². The van der Waals surface area contributed by atoms with E-state index in [2.05, 4.69) is 108 Å². The Morgan fingerprint density at radius 2 is 1.33 bits per heavy atom. The molecule has 0 spiro atoms. The van der Waals surface area contributed by atoms with E-state index >= 15 is 0 Å². The summed E-state index contributed by atoms with van der Waals surface area (Å²) in [7, 11) is 0. The Hall–Kier alpha value is -4.11. The molecule has 8 aromatic rings. The highest BCUT2D eigenvalue weighted by Gasteiger charge is 2.24. The highest BCUT2D eigenvalue weighted by molar-refractivity contribution is 6.20. The summed E-state index contributed by atoms with van der Waals surface area (Å²) in [6, 6.07) is 30.9. The fraction of sp³-hybridized carbons (Fsp3) is 0.100. The molecule has 0 radical (unpaired) electrons. The summed E-state index contributed by atoms with van der Waals surface area (Å²) in [4.78, 5) is 5.19. The van der Waals surface area contributed by atoms with Crippen LogP contribution in [0.25, 0.3) is 65.7 Å². The molecule has 0 saturated carbocycles. The lowest BCUT2D eigenvalue weighted by Crippen LogP contribution is -1.93. The number of hydrogen-bond acceptors (Lipinski definition) is 1. The van der Waals surface area contributed by atoms with Crippen LogP contribution in [-0.4, -0.2) is 13.8 Å². The first-order valence-corrected chi connectivity index (χ1v) is 11.6. The monoisotopic (exact) mass is 423 g/mol. The standard InChI is InChI=1S/C30H21N3/c1-17(2)27-21-11-6-5-10-20(21)16-26-28(27)22-12-7-13-24-29(22)33(26)30-31-23-14-18-8-3-4-9-19(18)15-25(23)32(24)30/h3-17H,1-2H3. The molecule has 0 atom stereocenters. The maximum atomic E-state index is 5.19. The SMILES string of the molecule is CC(C)c1c2ccccc2cc2c1c1cccc3c1n2c1nc2cc4ccccc4cc2n31. The van der Waals surface area contributed by atoms with Crippen LogP contribution in [0.5, 0.6) is 0 Å². The Labute approximate surface area is 189 Å². The van der Waals surface area contributed by atoms with Crippen molar-refractivity contribution in [3.05, 3.63) is 90.5 Å². The number of benzene rings is 5. The van der Waals surface area contributed by atoms with Crippen molar-refractivity contribution in [2.75, 3.05) is 0 Å². The van der Waals surface area contributed by atoms with Crippen molar-refractivity contribution < 1.29 is 0 Å². The summed E-state index contributed by atoms with van der Waals surface area (Å²) in [6.07, 6.45) is 0. The van der Waals surface area contributed by atoms with Gasteiger partial charge in [-0.15, -0.1) is 0 Å². The van der Waals surface area contributed by atoms with E-state index in [1.165, 1.54) is 54.4 Å². The van der Waals surface area contributed by atoms with Crippen LogP contribution >= 0.6 is 0 Å². The molecule has 3 heteroatoms. The third kappa shape index (κ3) is 2.03. The topological polar surface area (TPSA) is 21.7 Å². The molecule has 156 valence electrons. The number of rotatable bonds is 1. The quantitative estimate of drug-likeness (QED) is 0.263. The van der Waals surface area contributed by atoms with Crippen LogP contribution in [-0.2, 0) is 0 Å². The smallest absolute Gasteiger partial charge is 0.220 e. The second kappa shape index (κ2) is 5.81. The molecule has 0 bridgehead atoms. The van der Waals surface area contributed by atoms with Gasteiger partial charge in [0, 0.05) is 10.8 Å². The minimum atomic E-state index is 0.421. The largest absolute Gasteiger partial charge is 0.277 e. The van der Waals surface area contributed by atoms with Crippen molar-refractivity contribution in [2.45, 2.75) is 19.8 Å². The number of fused-ring (bicyclic) bond motifs is 10. The van der Waals surface area contributed by atoms with E-state index < -0.39 is 0 Å². The lowest BCUT2D eigenvalue weighted by molar-refractivity contribution is 0.886. The molecule has 3 heterocycles. The van der Waals surface area contributed by atoms with Crippen LogP contribution < -0.4 is 0 Å². The lowest BCUT2D eigenvalue weighted by atomic mass is 9.91. The Morgan fingerprint density at radius 1 is 0.636 bits per heavy atom. The predicted molar refractivity (Wildman–Crippen MR) is 139 cm³/mol. The fourth-order valence-corrected chi connectivity index (χ4v) is 6.03. The Kier molecular flexibility index (Phi) is 3.07. The van der Waals surface area contributed by atoms with E-state index in [1.807, 2.05) is 0 Å². The molecule has 3 nitrogen and oxygen atoms in total. The summed E-state index contributed by atoms with van der Waals surface area (Å²) in [5.41, 5.74) is 7.37. The van der Waals surface area contributed by atoms with Crippen LogP contribution in [0.1, 0.15) is 25.3 Å². The van der Waals surface area contributed by atoms with Crippen LogP contribution in [0.15, 0.2) is 84.9 Å². The van der Waals surface area contributed by atoms with Gasteiger partial charge >= 0.3 is 0 Å². The van der Waals surface area contributed by atoms with E-state index in [0.29, 0.717) is 5.92 Å². The van der Waals surface area contributed by atoms with Gasteiger partial charge in [0.1, 0.15) is 0 Å². The average Bonchev–Trinajstić information content (AvgIpc) is 3.46. The van der Waals surface area contributed by atoms with Gasteiger partial charge in [0.25, 0.3) is 0 Å². The van der Waals surface area contributed by atoms with Gasteiger partial charge in [0.15, 0.2) is 0 Å². The van der Waals surface area contributed by atoms with Crippen molar-refractivity contribution in [3.8, 4) is 0 Å². The van der Waals surface area contributed by atoms with Gasteiger partial charge in [0.05, 0.1) is 27.6 Å². The summed E-state index contributed by atoms with van der Waals surface area (Å²) >= 11 is 0. The summed E-state index contributed by atoms with van der Waals surface area (Å²) in [5.74, 6) is 1.41. The summed E-state index contributed by atoms with van der Waals surface area (Å²) in [5, 5.41) is 7.79. The Bertz CT molecular complexity index is 2050. The van der Waals surface area contributed by atoms with Crippen LogP contribution in [0.2, 0.25) is 0 Å². The van der Waals surface area contributed by atoms with Crippen LogP contribution in [0, 0.1) is 0 Å². The molecular formula is C30H21N3. The molecule has 5 aromatic carbocycles. The van der Waals surface area contributed by atoms with E-state index in [4.69, 9.17) is 4.98 Å². The molecular weight excluding hydrogens is 402 g/mol. The van der Waals surface area contributed by atoms with Crippen LogP contribution in [0.4, 0.5) is 0 Å². The van der Waals surface area contributed by atoms with Crippen molar-refractivity contribution in [2.24, 2.45) is 0 Å². The molecule has 0 saturated heterocycles. The maximum Gasteiger partial charge on any atom is 0.220 e. The minimum absolute atomic E-state index is 0.421. The van der Waals surface area contributed by atoms with Gasteiger partial charge in [0.2, 0.25) is 5.78 Å². The zero-order chi connectivity index (χ0) is 21.8. The van der Waals surface area contributed by atoms with E-state index in [-0.39, 0.29) is 0 Å². The zero-order valence-corrected chi connectivity index (χ0v) is 18.5. The molecule has 0 aliphatic heterocycles. The molecule has 33 heavy (non-hydrogen) atoms. The van der Waals surface area contributed by atoms with Gasteiger partial charge in [-0.2, -0.15) is 0 Å². The maximum absolute atomic E-state index is 5.19. The van der Waals surface area contributed by atoms with Gasteiger partial charge in [-0.1, -0.05) is 74.5 Å². The lowest BCUT2D eigenvalue weighted by Gasteiger charge is -2.13. The fourth-order valence-electron chi connectivity index (χ4n) is 6.03. The Morgan fingerprint density at radius 3 is 2.15 bits per heavy atom. The minimum Gasteiger partial charge on any atom is -0.277 e. The molecule has 0 amide bonds. The third-order valence-electron chi connectivity index (χ3n) is 7.34. The van der Waals surface area contributed by atoms with Gasteiger partial charge < -0.3 is 0 Å². The first-order chi connectivity index (χ1) is 16.2. The average molecular weight is 424 g/mol. The molecule has 0 unspecified atom stereocenters. The van der Waals surface area contributed by atoms with Crippen LogP contribution in [0.3, 0.4) is 0 Å². The number of aromatic nitrogens is 3. The summed E-state index contributed by atoms with van der Waals surface area (Å²) in [6.45, 7) is 4.61. The number of nitrogens with zero attached hydrogens (tertiary/aromatic N) is 3. The molecule has 3 aromatic heterocycles. The molecule has 0 aliphatic rings. The normalized spacial score (nSPS) is 12.8. The van der Waals surface area contributed by atoms with E-state index in [1.54, 1.807) is 0 Å². The predicted octanol–water partition coefficient (Wildman–Crippen LogP) is 7.91. The number of para-hydroxylation sites is 1. The molecule has 0 fully saturated rings. The second-order valence-corrected chi connectivity index (χ2v) is 9.50. The second-order valence-electron chi connectivity index (χ2n) is 9.50. The van der Waals surface area contributed by atoms with Gasteiger partial charge in [-0.25, -0.2) is 4.98 Å².